The zero-order valence-corrected chi connectivity index (χ0v) is 14.5. The monoisotopic (exact) mass is 351 g/mol. The van der Waals surface area contributed by atoms with Gasteiger partial charge >= 0.3 is 6.09 Å². The van der Waals surface area contributed by atoms with Crippen LogP contribution in [0.15, 0.2) is 48.5 Å². The number of carbonyl (C=O) groups is 2. The number of rotatable bonds is 4. The van der Waals surface area contributed by atoms with Crippen LogP contribution in [-0.4, -0.2) is 48.1 Å². The van der Waals surface area contributed by atoms with Crippen LogP contribution in [-0.2, 0) is 9.53 Å². The molecular weight excluding hydrogens is 330 g/mol. The molecule has 0 unspecified atom stereocenters. The Balaban J connectivity index is 1.39. The van der Waals surface area contributed by atoms with E-state index in [0.717, 1.165) is 43.0 Å². The van der Waals surface area contributed by atoms with E-state index < -0.39 is 6.09 Å². The van der Waals surface area contributed by atoms with Crippen molar-refractivity contribution in [1.29, 1.82) is 0 Å². The van der Waals surface area contributed by atoms with Crippen molar-refractivity contribution in [2.75, 3.05) is 31.1 Å². The first-order valence-corrected chi connectivity index (χ1v) is 8.95. The van der Waals surface area contributed by atoms with Gasteiger partial charge in [-0.25, -0.2) is 14.7 Å². The number of cyclic esters (lactones) is 1. The van der Waals surface area contributed by atoms with Crippen molar-refractivity contribution in [3.05, 3.63) is 48.5 Å². The van der Waals surface area contributed by atoms with Crippen LogP contribution in [0.25, 0.3) is 11.3 Å². The number of ether oxygens (including phenoxy) is 1. The predicted molar refractivity (Wildman–Crippen MR) is 97.7 cm³/mol. The van der Waals surface area contributed by atoms with Gasteiger partial charge in [-0.2, -0.15) is 0 Å². The van der Waals surface area contributed by atoms with Gasteiger partial charge in [0.1, 0.15) is 5.82 Å². The Kier molecular flexibility index (Phi) is 4.56. The van der Waals surface area contributed by atoms with E-state index in [1.165, 1.54) is 4.90 Å². The van der Waals surface area contributed by atoms with Crippen LogP contribution < -0.4 is 4.90 Å². The molecule has 1 aromatic carbocycles. The Morgan fingerprint density at radius 1 is 1.00 bits per heavy atom. The van der Waals surface area contributed by atoms with Crippen molar-refractivity contribution in [3.63, 3.8) is 0 Å². The summed E-state index contributed by atoms with van der Waals surface area (Å²) in [7, 11) is 0. The van der Waals surface area contributed by atoms with Gasteiger partial charge in [-0.15, -0.1) is 0 Å². The minimum atomic E-state index is -0.505. The lowest BCUT2D eigenvalue weighted by Crippen LogP contribution is -2.40. The zero-order valence-electron chi connectivity index (χ0n) is 14.5. The highest BCUT2D eigenvalue weighted by Crippen LogP contribution is 2.26. The van der Waals surface area contributed by atoms with Crippen molar-refractivity contribution in [2.45, 2.75) is 12.8 Å². The minimum absolute atomic E-state index is 0.117. The molecular formula is C20H21N3O3. The number of aromatic nitrogens is 1. The van der Waals surface area contributed by atoms with Crippen molar-refractivity contribution in [3.8, 4) is 11.3 Å². The molecule has 2 aliphatic heterocycles. The van der Waals surface area contributed by atoms with E-state index in [9.17, 15) is 9.59 Å². The van der Waals surface area contributed by atoms with E-state index in [4.69, 9.17) is 9.72 Å². The topological polar surface area (TPSA) is 62.7 Å². The van der Waals surface area contributed by atoms with Crippen molar-refractivity contribution in [1.82, 2.24) is 9.88 Å². The number of imide groups is 1. The molecule has 2 amide bonds. The summed E-state index contributed by atoms with van der Waals surface area (Å²) in [5.74, 6) is 1.06. The molecule has 134 valence electrons. The minimum Gasteiger partial charge on any atom is -0.439 e. The number of nitrogens with zero attached hydrogens (tertiary/aromatic N) is 3. The first kappa shape index (κ1) is 16.6. The maximum absolute atomic E-state index is 11.7. The molecule has 6 heteroatoms. The van der Waals surface area contributed by atoms with Gasteiger partial charge in [0.05, 0.1) is 5.69 Å². The molecule has 0 bridgehead atoms. The van der Waals surface area contributed by atoms with Gasteiger partial charge in [-0.3, -0.25) is 4.79 Å². The Bertz CT molecular complexity index is 785. The molecule has 0 aliphatic carbocycles. The first-order chi connectivity index (χ1) is 12.7. The molecule has 2 saturated heterocycles. The van der Waals surface area contributed by atoms with Crippen molar-refractivity contribution >= 4 is 17.8 Å². The molecule has 2 aliphatic rings. The van der Waals surface area contributed by atoms with Crippen LogP contribution in [0.2, 0.25) is 0 Å². The summed E-state index contributed by atoms with van der Waals surface area (Å²) in [5, 5.41) is 0. The quantitative estimate of drug-likeness (QED) is 0.847. The molecule has 2 fully saturated rings. The van der Waals surface area contributed by atoms with Gasteiger partial charge in [0.2, 0.25) is 0 Å². The molecule has 0 saturated carbocycles. The number of pyridine rings is 1. The molecule has 4 rings (SSSR count). The lowest BCUT2D eigenvalue weighted by Gasteiger charge is -2.33. The average molecular weight is 351 g/mol. The first-order valence-electron chi connectivity index (χ1n) is 8.95. The summed E-state index contributed by atoms with van der Waals surface area (Å²) in [4.78, 5) is 31.6. The number of carbonyl (C=O) groups excluding carboxylic acids is 2. The second-order valence-corrected chi connectivity index (χ2v) is 6.74. The third kappa shape index (κ3) is 3.40. The van der Waals surface area contributed by atoms with Crippen LogP contribution in [0.4, 0.5) is 10.6 Å². The van der Waals surface area contributed by atoms with Gasteiger partial charge in [0.15, 0.2) is 6.61 Å². The zero-order chi connectivity index (χ0) is 17.9. The number of benzene rings is 1. The highest BCUT2D eigenvalue weighted by Gasteiger charge is 2.33. The Labute approximate surface area is 152 Å². The summed E-state index contributed by atoms with van der Waals surface area (Å²) in [6.07, 6.45) is 1.34. The molecule has 2 aromatic rings. The van der Waals surface area contributed by atoms with Crippen LogP contribution in [0.1, 0.15) is 12.8 Å². The summed E-state index contributed by atoms with van der Waals surface area (Å²) in [6, 6.07) is 16.2. The number of piperidine rings is 1. The normalized spacial score (nSPS) is 18.3. The fourth-order valence-electron chi connectivity index (χ4n) is 3.53. The second-order valence-electron chi connectivity index (χ2n) is 6.74. The molecule has 26 heavy (non-hydrogen) atoms. The molecule has 0 radical (unpaired) electrons. The number of hydrogen-bond donors (Lipinski definition) is 0. The van der Waals surface area contributed by atoms with Crippen LogP contribution in [0, 0.1) is 5.92 Å². The third-order valence-corrected chi connectivity index (χ3v) is 5.02. The van der Waals surface area contributed by atoms with Gasteiger partial charge in [0, 0.05) is 25.2 Å². The predicted octanol–water partition coefficient (Wildman–Crippen LogP) is 2.94. The lowest BCUT2D eigenvalue weighted by molar-refractivity contribution is -0.126. The Hall–Kier alpha value is -2.89. The van der Waals surface area contributed by atoms with E-state index in [2.05, 4.69) is 17.0 Å². The molecule has 0 atom stereocenters. The largest absolute Gasteiger partial charge is 0.439 e. The Morgan fingerprint density at radius 3 is 2.46 bits per heavy atom. The maximum Gasteiger partial charge on any atom is 0.417 e. The molecule has 6 nitrogen and oxygen atoms in total. The van der Waals surface area contributed by atoms with Gasteiger partial charge in [0.25, 0.3) is 5.91 Å². The summed E-state index contributed by atoms with van der Waals surface area (Å²) in [5.41, 5.74) is 2.07. The highest BCUT2D eigenvalue weighted by atomic mass is 16.6. The van der Waals surface area contributed by atoms with Crippen LogP contribution in [0.3, 0.4) is 0 Å². The Morgan fingerprint density at radius 2 is 1.77 bits per heavy atom. The molecule has 0 N–H and O–H groups in total. The van der Waals surface area contributed by atoms with E-state index in [0.29, 0.717) is 12.5 Å². The van der Waals surface area contributed by atoms with E-state index in [1.807, 2.05) is 36.4 Å². The fourth-order valence-corrected chi connectivity index (χ4v) is 3.53. The second kappa shape index (κ2) is 7.15. The average Bonchev–Trinajstić information content (AvgIpc) is 3.01. The molecule has 0 spiro atoms. The summed E-state index contributed by atoms with van der Waals surface area (Å²) >= 11 is 0. The van der Waals surface area contributed by atoms with Gasteiger partial charge in [-0.1, -0.05) is 36.4 Å². The maximum atomic E-state index is 11.7. The van der Waals surface area contributed by atoms with E-state index >= 15 is 0 Å². The van der Waals surface area contributed by atoms with E-state index in [1.54, 1.807) is 0 Å². The highest BCUT2D eigenvalue weighted by molar-refractivity contribution is 5.97. The summed E-state index contributed by atoms with van der Waals surface area (Å²) < 4.78 is 4.78. The van der Waals surface area contributed by atoms with Crippen LogP contribution in [0.5, 0.6) is 0 Å². The molecule has 3 heterocycles. The van der Waals surface area contributed by atoms with Crippen molar-refractivity contribution in [2.24, 2.45) is 5.92 Å². The third-order valence-electron chi connectivity index (χ3n) is 5.02. The summed E-state index contributed by atoms with van der Waals surface area (Å²) in [6.45, 7) is 2.08. The van der Waals surface area contributed by atoms with Gasteiger partial charge in [-0.05, 0) is 30.9 Å². The number of anilines is 1. The standard InChI is InChI=1S/C20H21N3O3/c24-19-14-26-20(25)23(19)13-15-9-11-22(12-10-15)18-8-4-7-17(21-18)16-5-2-1-3-6-16/h1-8,15H,9-14H2. The van der Waals surface area contributed by atoms with Gasteiger partial charge < -0.3 is 9.64 Å². The smallest absolute Gasteiger partial charge is 0.417 e. The lowest BCUT2D eigenvalue weighted by atomic mass is 9.96. The number of hydrogen-bond acceptors (Lipinski definition) is 5. The number of amides is 2. The van der Waals surface area contributed by atoms with Crippen molar-refractivity contribution < 1.29 is 14.3 Å². The fraction of sp³-hybridized carbons (Fsp3) is 0.350. The van der Waals surface area contributed by atoms with E-state index in [-0.39, 0.29) is 12.5 Å². The molecule has 1 aromatic heterocycles. The SMILES string of the molecule is O=C1COC(=O)N1CC1CCN(c2cccc(-c3ccccc3)n2)CC1. The van der Waals surface area contributed by atoms with Crippen LogP contribution >= 0.6 is 0 Å².